The van der Waals surface area contributed by atoms with E-state index in [9.17, 15) is 17.2 Å². The monoisotopic (exact) mass is 353 g/mol. The second-order valence-electron chi connectivity index (χ2n) is 4.71. The first kappa shape index (κ1) is 14.9. The summed E-state index contributed by atoms with van der Waals surface area (Å²) in [5, 5.41) is -0.837. The summed E-state index contributed by atoms with van der Waals surface area (Å²) in [6.45, 7) is 0. The van der Waals surface area contributed by atoms with Crippen LogP contribution in [0.1, 0.15) is 30.9 Å². The van der Waals surface area contributed by atoms with Crippen molar-refractivity contribution in [2.75, 3.05) is 5.75 Å². The lowest BCUT2D eigenvalue weighted by Gasteiger charge is -2.28. The van der Waals surface area contributed by atoms with E-state index in [-0.39, 0.29) is 15.8 Å². The van der Waals surface area contributed by atoms with Crippen LogP contribution in [0.3, 0.4) is 0 Å². The molecule has 1 heterocycles. The fourth-order valence-corrected chi connectivity index (χ4v) is 4.72. The molecule has 0 aromatic heterocycles. The van der Waals surface area contributed by atoms with Crippen LogP contribution in [0.2, 0.25) is 0 Å². The fourth-order valence-electron chi connectivity index (χ4n) is 2.38. The normalized spacial score (nSPS) is 24.1. The van der Waals surface area contributed by atoms with Gasteiger partial charge in [-0.2, -0.15) is 0 Å². The van der Waals surface area contributed by atoms with Gasteiger partial charge in [-0.3, -0.25) is 0 Å². The van der Waals surface area contributed by atoms with Gasteiger partial charge < -0.3 is 5.73 Å². The van der Waals surface area contributed by atoms with E-state index in [1.807, 2.05) is 0 Å². The molecule has 2 atom stereocenters. The summed E-state index contributed by atoms with van der Waals surface area (Å²) in [6, 6.07) is 0.904. The Bertz CT molecular complexity index is 592. The molecule has 1 aromatic rings. The second kappa shape index (κ2) is 5.46. The number of sulfone groups is 1. The van der Waals surface area contributed by atoms with E-state index in [0.29, 0.717) is 12.8 Å². The maximum absolute atomic E-state index is 13.8. The van der Waals surface area contributed by atoms with Gasteiger partial charge in [0.05, 0.1) is 15.5 Å². The van der Waals surface area contributed by atoms with E-state index in [1.165, 1.54) is 0 Å². The zero-order valence-electron chi connectivity index (χ0n) is 10.1. The number of hydrogen-bond donors (Lipinski definition) is 1. The maximum atomic E-state index is 13.8. The van der Waals surface area contributed by atoms with Crippen LogP contribution in [0.5, 0.6) is 0 Å². The summed E-state index contributed by atoms with van der Waals surface area (Å²) in [4.78, 5) is 0. The van der Waals surface area contributed by atoms with Crippen molar-refractivity contribution in [1.82, 2.24) is 0 Å². The largest absolute Gasteiger partial charge is 0.323 e. The molecule has 0 radical (unpaired) electrons. The molecule has 1 aliphatic rings. The predicted molar refractivity (Wildman–Crippen MR) is 72.4 cm³/mol. The molecule has 2 unspecified atom stereocenters. The zero-order chi connectivity index (χ0) is 14.2. The molecule has 2 rings (SSSR count). The Kier molecular flexibility index (Phi) is 4.27. The van der Waals surface area contributed by atoms with Crippen LogP contribution >= 0.6 is 15.9 Å². The minimum Gasteiger partial charge on any atom is -0.323 e. The lowest BCUT2D eigenvalue weighted by Crippen LogP contribution is -2.38. The Morgan fingerprint density at radius 3 is 2.58 bits per heavy atom. The molecule has 1 aliphatic heterocycles. The Labute approximate surface area is 119 Å². The van der Waals surface area contributed by atoms with Crippen molar-refractivity contribution in [2.24, 2.45) is 5.73 Å². The van der Waals surface area contributed by atoms with Gasteiger partial charge >= 0.3 is 0 Å². The summed E-state index contributed by atoms with van der Waals surface area (Å²) in [7, 11) is -3.34. The van der Waals surface area contributed by atoms with Crippen LogP contribution in [0.4, 0.5) is 8.78 Å². The first-order chi connectivity index (χ1) is 8.83. The average molecular weight is 354 g/mol. The van der Waals surface area contributed by atoms with E-state index >= 15 is 0 Å². The molecule has 2 N–H and O–H groups in total. The third-order valence-corrected chi connectivity index (χ3v) is 6.34. The molecule has 3 nitrogen and oxygen atoms in total. The topological polar surface area (TPSA) is 60.2 Å². The van der Waals surface area contributed by atoms with Crippen molar-refractivity contribution in [3.05, 3.63) is 33.8 Å². The first-order valence-electron chi connectivity index (χ1n) is 5.94. The van der Waals surface area contributed by atoms with Crippen molar-refractivity contribution >= 4 is 25.8 Å². The van der Waals surface area contributed by atoms with Gasteiger partial charge in [0.1, 0.15) is 11.6 Å². The van der Waals surface area contributed by atoms with Gasteiger partial charge in [-0.05, 0) is 40.9 Å². The summed E-state index contributed by atoms with van der Waals surface area (Å²) >= 11 is 2.87. The van der Waals surface area contributed by atoms with E-state index in [0.717, 1.165) is 18.6 Å². The number of halogens is 3. The molecule has 0 aliphatic carbocycles. The molecule has 1 fully saturated rings. The van der Waals surface area contributed by atoms with Crippen molar-refractivity contribution in [3.8, 4) is 0 Å². The summed E-state index contributed by atoms with van der Waals surface area (Å²) in [6.07, 6.45) is 1.72. The van der Waals surface area contributed by atoms with Crippen LogP contribution in [0, 0.1) is 11.6 Å². The molecule has 7 heteroatoms. The summed E-state index contributed by atoms with van der Waals surface area (Å²) in [5.41, 5.74) is 5.78. The van der Waals surface area contributed by atoms with Crippen molar-refractivity contribution in [1.29, 1.82) is 0 Å². The van der Waals surface area contributed by atoms with E-state index < -0.39 is 32.8 Å². The van der Waals surface area contributed by atoms with Crippen LogP contribution in [-0.2, 0) is 9.84 Å². The van der Waals surface area contributed by atoms with Crippen molar-refractivity contribution in [3.63, 3.8) is 0 Å². The van der Waals surface area contributed by atoms with Crippen LogP contribution < -0.4 is 5.73 Å². The summed E-state index contributed by atoms with van der Waals surface area (Å²) < 4.78 is 51.2. The van der Waals surface area contributed by atoms with E-state index in [1.54, 1.807) is 0 Å². The fraction of sp³-hybridized carbons (Fsp3) is 0.500. The van der Waals surface area contributed by atoms with E-state index in [4.69, 9.17) is 5.73 Å². The molecule has 1 aromatic carbocycles. The first-order valence-corrected chi connectivity index (χ1v) is 8.45. The summed E-state index contributed by atoms with van der Waals surface area (Å²) in [5.74, 6) is -1.28. The molecular formula is C12H14BrF2NO2S. The van der Waals surface area contributed by atoms with Crippen molar-refractivity contribution < 1.29 is 17.2 Å². The van der Waals surface area contributed by atoms with Crippen LogP contribution in [-0.4, -0.2) is 19.4 Å². The third-order valence-electron chi connectivity index (χ3n) is 3.43. The number of hydrogen-bond acceptors (Lipinski definition) is 3. The van der Waals surface area contributed by atoms with Gasteiger partial charge in [0.2, 0.25) is 0 Å². The average Bonchev–Trinajstić information content (AvgIpc) is 2.32. The van der Waals surface area contributed by atoms with Crippen LogP contribution in [0.25, 0.3) is 0 Å². The molecule has 0 amide bonds. The minimum absolute atomic E-state index is 0.00699. The highest BCUT2D eigenvalue weighted by Gasteiger charge is 2.35. The molecule has 0 bridgehead atoms. The number of nitrogens with two attached hydrogens (primary N) is 1. The molecule has 0 spiro atoms. The maximum Gasteiger partial charge on any atom is 0.155 e. The Morgan fingerprint density at radius 1 is 1.26 bits per heavy atom. The van der Waals surface area contributed by atoms with Gasteiger partial charge in [0.15, 0.2) is 9.84 Å². The highest BCUT2D eigenvalue weighted by molar-refractivity contribution is 9.10. The second-order valence-corrected chi connectivity index (χ2v) is 7.91. The Hall–Kier alpha value is -0.530. The minimum atomic E-state index is -3.34. The van der Waals surface area contributed by atoms with Gasteiger partial charge in [-0.1, -0.05) is 6.42 Å². The Balaban J connectivity index is 2.39. The van der Waals surface area contributed by atoms with Crippen LogP contribution in [0.15, 0.2) is 16.6 Å². The number of benzene rings is 1. The molecule has 0 saturated carbocycles. The molecular weight excluding hydrogens is 340 g/mol. The van der Waals surface area contributed by atoms with E-state index in [2.05, 4.69) is 15.9 Å². The predicted octanol–water partition coefficient (Wildman–Crippen LogP) is 2.69. The van der Waals surface area contributed by atoms with Gasteiger partial charge in [0.25, 0.3) is 0 Å². The number of rotatable bonds is 2. The SMILES string of the molecule is NC(c1cc(F)c(Br)cc1F)C1CCCCS1(=O)=O. The zero-order valence-corrected chi connectivity index (χ0v) is 12.5. The lowest BCUT2D eigenvalue weighted by molar-refractivity contribution is 0.488. The van der Waals surface area contributed by atoms with Gasteiger partial charge in [-0.15, -0.1) is 0 Å². The van der Waals surface area contributed by atoms with Gasteiger partial charge in [-0.25, -0.2) is 17.2 Å². The van der Waals surface area contributed by atoms with Gasteiger partial charge in [0, 0.05) is 11.6 Å². The smallest absolute Gasteiger partial charge is 0.155 e. The van der Waals surface area contributed by atoms with Crippen molar-refractivity contribution in [2.45, 2.75) is 30.6 Å². The molecule has 19 heavy (non-hydrogen) atoms. The quantitative estimate of drug-likeness (QED) is 0.831. The Morgan fingerprint density at radius 2 is 1.95 bits per heavy atom. The highest BCUT2D eigenvalue weighted by atomic mass is 79.9. The lowest BCUT2D eigenvalue weighted by atomic mass is 10.00. The standard InChI is InChI=1S/C12H14BrF2NO2S/c13-8-6-9(14)7(5-10(8)15)12(16)11-3-1-2-4-19(11,17)18/h5-6,11-12H,1-4,16H2. The third kappa shape index (κ3) is 2.98. The molecule has 106 valence electrons. The highest BCUT2D eigenvalue weighted by Crippen LogP contribution is 2.32. The molecule has 1 saturated heterocycles.